The number of Topliss-reactive ketones (excluding diaryl/α,β-unsaturated/α-hetero) is 2. The van der Waals surface area contributed by atoms with Crippen LogP contribution in [0, 0.1) is 6.92 Å². The van der Waals surface area contributed by atoms with Crippen molar-refractivity contribution in [3.63, 3.8) is 0 Å². The van der Waals surface area contributed by atoms with E-state index in [0.717, 1.165) is 11.3 Å². The van der Waals surface area contributed by atoms with Gasteiger partial charge in [-0.15, -0.1) is 0 Å². The predicted molar refractivity (Wildman–Crippen MR) is 119 cm³/mol. The minimum atomic E-state index is -0.931. The number of rotatable bonds is 5. The zero-order valence-corrected chi connectivity index (χ0v) is 18.3. The van der Waals surface area contributed by atoms with Crippen molar-refractivity contribution >= 4 is 39.7 Å². The summed E-state index contributed by atoms with van der Waals surface area (Å²) in [6, 6.07) is 9.01. The normalized spacial score (nSPS) is 17.6. The van der Waals surface area contributed by atoms with Crippen LogP contribution in [0.1, 0.15) is 39.5 Å². The molecule has 162 valence electrons. The largest absolute Gasteiger partial charge is 0.507 e. The second-order valence-corrected chi connectivity index (χ2v) is 8.12. The van der Waals surface area contributed by atoms with E-state index in [1.165, 1.54) is 31.3 Å². The number of anilines is 1. The van der Waals surface area contributed by atoms with E-state index in [0.29, 0.717) is 27.4 Å². The van der Waals surface area contributed by atoms with Gasteiger partial charge in [-0.1, -0.05) is 23.5 Å². The number of aliphatic hydroxyl groups excluding tert-OH is 1. The van der Waals surface area contributed by atoms with Crippen LogP contribution in [0.15, 0.2) is 54.4 Å². The second kappa shape index (κ2) is 8.35. The lowest BCUT2D eigenvalue weighted by Crippen LogP contribution is -2.29. The number of ketones is 2. The molecule has 1 amide bonds. The molecule has 1 unspecified atom stereocenters. The Balaban J connectivity index is 1.94. The van der Waals surface area contributed by atoms with Crippen molar-refractivity contribution in [2.24, 2.45) is 0 Å². The minimum absolute atomic E-state index is 0.0661. The first-order valence-corrected chi connectivity index (χ1v) is 10.5. The van der Waals surface area contributed by atoms with Crippen molar-refractivity contribution in [3.05, 3.63) is 76.1 Å². The van der Waals surface area contributed by atoms with Gasteiger partial charge in [0.1, 0.15) is 11.5 Å². The summed E-state index contributed by atoms with van der Waals surface area (Å²) in [4.78, 5) is 48.1. The van der Waals surface area contributed by atoms with Crippen LogP contribution in [0.5, 0.6) is 5.75 Å². The predicted octanol–water partition coefficient (Wildman–Crippen LogP) is 3.68. The summed E-state index contributed by atoms with van der Waals surface area (Å²) in [7, 11) is 1.53. The van der Waals surface area contributed by atoms with Gasteiger partial charge >= 0.3 is 5.91 Å². The van der Waals surface area contributed by atoms with Crippen LogP contribution >= 0.6 is 11.3 Å². The summed E-state index contributed by atoms with van der Waals surface area (Å²) in [5, 5.41) is 11.2. The van der Waals surface area contributed by atoms with Gasteiger partial charge in [0, 0.05) is 24.9 Å². The highest BCUT2D eigenvalue weighted by Crippen LogP contribution is 2.44. The minimum Gasteiger partial charge on any atom is -0.507 e. The topological polar surface area (TPSA) is 110 Å². The fourth-order valence-corrected chi connectivity index (χ4v) is 4.60. The molecule has 32 heavy (non-hydrogen) atoms. The van der Waals surface area contributed by atoms with E-state index in [9.17, 15) is 19.5 Å². The zero-order valence-electron chi connectivity index (χ0n) is 17.5. The Labute approximate surface area is 187 Å². The van der Waals surface area contributed by atoms with Gasteiger partial charge in [0.05, 0.1) is 29.3 Å². The molecule has 1 aliphatic heterocycles. The third kappa shape index (κ3) is 3.56. The van der Waals surface area contributed by atoms with Gasteiger partial charge in [-0.25, -0.2) is 4.98 Å². The Morgan fingerprint density at radius 1 is 1.12 bits per heavy atom. The Bertz CT molecular complexity index is 1250. The number of thiazole rings is 1. The molecule has 3 aromatic rings. The maximum atomic E-state index is 13.1. The number of hydrogen-bond donors (Lipinski definition) is 1. The third-order valence-corrected chi connectivity index (χ3v) is 6.40. The van der Waals surface area contributed by atoms with Gasteiger partial charge in [0.15, 0.2) is 10.9 Å². The highest BCUT2D eigenvalue weighted by atomic mass is 32.1. The molecule has 8 nitrogen and oxygen atoms in total. The number of amides is 1. The SMILES string of the molecule is COc1ccc(C2C(=C(O)c3ccncc3)C(=O)C(=O)N2c2nc(C)c(C(C)=O)s2)cc1. The number of benzene rings is 1. The van der Waals surface area contributed by atoms with Crippen molar-refractivity contribution in [2.45, 2.75) is 19.9 Å². The molecule has 0 spiro atoms. The first-order valence-electron chi connectivity index (χ1n) is 9.67. The Morgan fingerprint density at radius 3 is 2.34 bits per heavy atom. The number of pyridine rings is 1. The molecule has 0 radical (unpaired) electrons. The number of ether oxygens (including phenoxy) is 1. The quantitative estimate of drug-likeness (QED) is 0.274. The lowest BCUT2D eigenvalue weighted by atomic mass is 9.95. The molecular formula is C23H19N3O5S. The summed E-state index contributed by atoms with van der Waals surface area (Å²) in [5.41, 5.74) is 1.35. The number of methoxy groups -OCH3 is 1. The smallest absolute Gasteiger partial charge is 0.301 e. The van der Waals surface area contributed by atoms with Crippen LogP contribution < -0.4 is 9.64 Å². The molecule has 1 N–H and O–H groups in total. The lowest BCUT2D eigenvalue weighted by molar-refractivity contribution is -0.132. The molecule has 1 aromatic carbocycles. The first kappa shape index (κ1) is 21.4. The van der Waals surface area contributed by atoms with Gasteiger partial charge in [-0.05, 0) is 36.8 Å². The maximum Gasteiger partial charge on any atom is 0.301 e. The van der Waals surface area contributed by atoms with Gasteiger partial charge in [0.25, 0.3) is 5.78 Å². The molecule has 0 bridgehead atoms. The molecule has 0 aliphatic carbocycles. The van der Waals surface area contributed by atoms with E-state index in [4.69, 9.17) is 4.74 Å². The molecular weight excluding hydrogens is 430 g/mol. The number of aromatic nitrogens is 2. The Morgan fingerprint density at radius 2 is 1.78 bits per heavy atom. The number of nitrogens with zero attached hydrogens (tertiary/aromatic N) is 3. The summed E-state index contributed by atoms with van der Waals surface area (Å²) in [6.45, 7) is 3.09. The maximum absolute atomic E-state index is 13.1. The average Bonchev–Trinajstić information content (AvgIpc) is 3.31. The van der Waals surface area contributed by atoms with E-state index >= 15 is 0 Å². The standard InChI is InChI=1S/C23H19N3O5S/c1-12-21(13(2)27)32-23(25-12)26-18(14-4-6-16(31-3)7-5-14)17(20(29)22(26)30)19(28)15-8-10-24-11-9-15/h4-11,18,28H,1-3H3. The average molecular weight is 449 g/mol. The molecule has 1 saturated heterocycles. The van der Waals surface area contributed by atoms with Gasteiger partial charge in [0.2, 0.25) is 0 Å². The van der Waals surface area contributed by atoms with Crippen LogP contribution in [-0.2, 0) is 9.59 Å². The molecule has 1 fully saturated rings. The molecule has 9 heteroatoms. The third-order valence-electron chi connectivity index (χ3n) is 5.14. The molecule has 0 saturated carbocycles. The molecule has 1 aliphatic rings. The highest BCUT2D eigenvalue weighted by Gasteiger charge is 2.48. The number of carbonyl (C=O) groups is 3. The Kier molecular flexibility index (Phi) is 5.58. The fraction of sp³-hybridized carbons (Fsp3) is 0.174. The van der Waals surface area contributed by atoms with Crippen LogP contribution in [0.4, 0.5) is 5.13 Å². The van der Waals surface area contributed by atoms with Gasteiger partial charge in [-0.2, -0.15) is 0 Å². The lowest BCUT2D eigenvalue weighted by Gasteiger charge is -2.23. The molecule has 2 aromatic heterocycles. The van der Waals surface area contributed by atoms with E-state index in [1.807, 2.05) is 0 Å². The van der Waals surface area contributed by atoms with Crippen LogP contribution in [0.2, 0.25) is 0 Å². The first-order chi connectivity index (χ1) is 15.3. The summed E-state index contributed by atoms with van der Waals surface area (Å²) in [6.07, 6.45) is 2.97. The summed E-state index contributed by atoms with van der Waals surface area (Å²) in [5.74, 6) is -1.55. The zero-order chi connectivity index (χ0) is 23.0. The van der Waals surface area contributed by atoms with Crippen molar-refractivity contribution in [1.29, 1.82) is 0 Å². The number of carbonyl (C=O) groups excluding carboxylic acids is 3. The molecule has 3 heterocycles. The van der Waals surface area contributed by atoms with E-state index in [-0.39, 0.29) is 22.2 Å². The number of aliphatic hydroxyl groups is 1. The van der Waals surface area contributed by atoms with E-state index < -0.39 is 17.7 Å². The second-order valence-electron chi connectivity index (χ2n) is 7.15. The monoisotopic (exact) mass is 449 g/mol. The van der Waals surface area contributed by atoms with Crippen molar-refractivity contribution < 1.29 is 24.2 Å². The van der Waals surface area contributed by atoms with Crippen molar-refractivity contribution in [1.82, 2.24) is 9.97 Å². The van der Waals surface area contributed by atoms with Gasteiger partial charge in [-0.3, -0.25) is 24.3 Å². The van der Waals surface area contributed by atoms with Crippen LogP contribution in [0.25, 0.3) is 5.76 Å². The number of hydrogen-bond acceptors (Lipinski definition) is 8. The summed E-state index contributed by atoms with van der Waals surface area (Å²) >= 11 is 1.04. The van der Waals surface area contributed by atoms with E-state index in [1.54, 1.807) is 43.3 Å². The highest BCUT2D eigenvalue weighted by molar-refractivity contribution is 7.18. The molecule has 4 rings (SSSR count). The van der Waals surface area contributed by atoms with Crippen molar-refractivity contribution in [2.75, 3.05) is 12.0 Å². The summed E-state index contributed by atoms with van der Waals surface area (Å²) < 4.78 is 5.21. The Hall–Kier alpha value is -3.85. The van der Waals surface area contributed by atoms with Gasteiger partial charge < -0.3 is 9.84 Å². The fourth-order valence-electron chi connectivity index (χ4n) is 3.61. The van der Waals surface area contributed by atoms with Crippen LogP contribution in [0.3, 0.4) is 0 Å². The van der Waals surface area contributed by atoms with Crippen LogP contribution in [-0.4, -0.2) is 39.7 Å². The molecule has 1 atom stereocenters. The number of aryl methyl sites for hydroxylation is 1. The van der Waals surface area contributed by atoms with E-state index in [2.05, 4.69) is 9.97 Å². The van der Waals surface area contributed by atoms with Crippen molar-refractivity contribution in [3.8, 4) is 5.75 Å².